The lowest BCUT2D eigenvalue weighted by Crippen LogP contribution is -2.71. The largest absolute Gasteiger partial charge is 0.448 e. The molecule has 64 heavy (non-hydrogen) atoms. The average Bonchev–Trinajstić information content (AvgIpc) is 4.06. The lowest BCUT2D eigenvalue weighted by molar-refractivity contribution is -0.154. The van der Waals surface area contributed by atoms with Crippen molar-refractivity contribution < 1.29 is 28.7 Å². The van der Waals surface area contributed by atoms with Crippen LogP contribution < -0.4 is 10.6 Å². The molecule has 11 nitrogen and oxygen atoms in total. The van der Waals surface area contributed by atoms with Gasteiger partial charge in [0.15, 0.2) is 16.9 Å². The molecule has 0 spiro atoms. The number of benzene rings is 5. The van der Waals surface area contributed by atoms with Crippen LogP contribution in [0.3, 0.4) is 0 Å². The van der Waals surface area contributed by atoms with Crippen LogP contribution in [0.1, 0.15) is 46.0 Å². The summed E-state index contributed by atoms with van der Waals surface area (Å²) in [4.78, 5) is 55.4. The van der Waals surface area contributed by atoms with E-state index in [-0.39, 0.29) is 17.1 Å². The molecule has 9 rings (SSSR count). The summed E-state index contributed by atoms with van der Waals surface area (Å²) in [6.45, 7) is 1.37. The van der Waals surface area contributed by atoms with Crippen LogP contribution in [0, 0.1) is 5.92 Å². The predicted octanol–water partition coefficient (Wildman–Crippen LogP) is 8.61. The number of rotatable bonds is 16. The van der Waals surface area contributed by atoms with Crippen LogP contribution in [0.2, 0.25) is 0 Å². The number of thiazole rings is 1. The number of anilines is 1. The van der Waals surface area contributed by atoms with Crippen molar-refractivity contribution in [1.82, 2.24) is 15.2 Å². The van der Waals surface area contributed by atoms with E-state index in [2.05, 4.69) is 52.2 Å². The van der Waals surface area contributed by atoms with Crippen LogP contribution in [0.5, 0.6) is 0 Å². The first-order chi connectivity index (χ1) is 31.4. The van der Waals surface area contributed by atoms with Crippen molar-refractivity contribution in [2.24, 2.45) is 11.1 Å². The van der Waals surface area contributed by atoms with Crippen LogP contribution in [-0.2, 0) is 34.2 Å². The number of thioether (sulfide) groups is 2. The lowest BCUT2D eigenvalue weighted by Gasteiger charge is -2.49. The van der Waals surface area contributed by atoms with E-state index < -0.39 is 40.8 Å². The minimum Gasteiger partial charge on any atom is -0.448 e. The maximum Gasteiger partial charge on any atom is 0.356 e. The third kappa shape index (κ3) is 8.83. The van der Waals surface area contributed by atoms with Crippen molar-refractivity contribution in [3.8, 4) is 0 Å². The number of nitrogens with one attached hydrogen (secondary N) is 2. The molecule has 6 aromatic rings. The molecule has 0 aliphatic carbocycles. The zero-order chi connectivity index (χ0) is 43.9. The Morgan fingerprint density at radius 2 is 1.42 bits per heavy atom. The fraction of sp³-hybridized carbons (Fsp3) is 0.220. The van der Waals surface area contributed by atoms with Crippen molar-refractivity contribution in [3.63, 3.8) is 0 Å². The van der Waals surface area contributed by atoms with E-state index in [0.717, 1.165) is 44.9 Å². The summed E-state index contributed by atoms with van der Waals surface area (Å²) in [5.41, 5.74) is 4.11. The van der Waals surface area contributed by atoms with Crippen LogP contribution in [-0.4, -0.2) is 76.6 Å². The Morgan fingerprint density at radius 3 is 1.95 bits per heavy atom. The minimum absolute atomic E-state index is 0.0950. The Labute approximate surface area is 384 Å². The fourth-order valence-electron chi connectivity index (χ4n) is 8.26. The van der Waals surface area contributed by atoms with Gasteiger partial charge >= 0.3 is 5.97 Å². The van der Waals surface area contributed by atoms with Gasteiger partial charge in [-0.25, -0.2) is 9.78 Å². The Morgan fingerprint density at radius 1 is 0.859 bits per heavy atom. The zero-order valence-electron chi connectivity index (χ0n) is 34.9. The molecular formula is C50H45N5O6S3. The second kappa shape index (κ2) is 19.7. The van der Waals surface area contributed by atoms with Gasteiger partial charge in [0.1, 0.15) is 35.5 Å². The van der Waals surface area contributed by atoms with E-state index >= 15 is 0 Å². The van der Waals surface area contributed by atoms with Gasteiger partial charge in [-0.05, 0) is 40.2 Å². The molecule has 2 saturated heterocycles. The molecule has 1 aromatic heterocycles. The number of nitrogens with zero attached hydrogens (tertiary/aromatic N) is 3. The molecule has 0 radical (unpaired) electrons. The molecule has 2 fully saturated rings. The van der Waals surface area contributed by atoms with Crippen LogP contribution in [0.15, 0.2) is 173 Å². The number of amides is 2. The minimum atomic E-state index is -0.950. The Bertz CT molecular complexity index is 2490. The van der Waals surface area contributed by atoms with Crippen molar-refractivity contribution >= 4 is 63.5 Å². The quantitative estimate of drug-likeness (QED) is 0.0320. The summed E-state index contributed by atoms with van der Waals surface area (Å²) in [7, 11) is 1.36. The second-order valence-electron chi connectivity index (χ2n) is 15.4. The summed E-state index contributed by atoms with van der Waals surface area (Å²) < 4.78 is 12.0. The Balaban J connectivity index is 0.973. The van der Waals surface area contributed by atoms with Crippen LogP contribution in [0.25, 0.3) is 0 Å². The molecule has 14 heteroatoms. The van der Waals surface area contributed by atoms with E-state index in [1.807, 2.05) is 115 Å². The molecule has 2 N–H and O–H groups in total. The molecule has 2 amide bonds. The molecule has 3 aliphatic heterocycles. The second-order valence-corrected chi connectivity index (χ2v) is 18.5. The molecular weight excluding hydrogens is 863 g/mol. The highest BCUT2D eigenvalue weighted by Crippen LogP contribution is 2.46. The number of hydrogen-bond acceptors (Lipinski definition) is 12. The van der Waals surface area contributed by atoms with E-state index in [1.54, 1.807) is 17.1 Å². The van der Waals surface area contributed by atoms with Gasteiger partial charge in [-0.1, -0.05) is 157 Å². The number of esters is 1. The summed E-state index contributed by atoms with van der Waals surface area (Å²) in [6.07, 6.45) is 0.229. The Hall–Kier alpha value is -6.19. The zero-order valence-corrected chi connectivity index (χ0v) is 37.3. The first kappa shape index (κ1) is 43.1. The maximum atomic E-state index is 14.5. The molecule has 0 bridgehead atoms. The van der Waals surface area contributed by atoms with Crippen LogP contribution >= 0.6 is 34.9 Å². The number of aromatic nitrogens is 1. The topological polar surface area (TPSA) is 131 Å². The van der Waals surface area contributed by atoms with Gasteiger partial charge in [-0.15, -0.1) is 34.9 Å². The highest BCUT2D eigenvalue weighted by molar-refractivity contribution is 8.06. The highest BCUT2D eigenvalue weighted by atomic mass is 32.2. The SMILES string of the molecule is CO/N=C(\C(=O)NC1C(=O)N2C(C(=O)OC(c3ccccc3)c3ccccc3)=C(SCC3CCOC3)CS[C@@H]12)c1csc(NC(c2ccccc2)(c2ccccc2)c2ccccc2)n1. The first-order valence-corrected chi connectivity index (χ1v) is 23.9. The summed E-state index contributed by atoms with van der Waals surface area (Å²) in [6, 6.07) is 48.6. The number of hydrogen-bond donors (Lipinski definition) is 2. The standard InChI is InChI=1S/C50H45N5O6S3/c1-59-54-41(39-31-64-49(51-39)53-50(36-21-11-4-12-22-36,37-23-13-5-14-24-37)38-25-15-6-16-26-38)45(56)52-42-46(57)55-43(40(32-63-47(42)55)62-30-33-27-28-60-29-33)48(58)61-44(34-17-7-2-8-18-34)35-19-9-3-10-20-35/h2-26,31,33,42,44,47H,27-30,32H2,1H3,(H,51,53)(H,52,56)/b54-41-/t33?,42?,47-/m0/s1. The number of ether oxygens (including phenoxy) is 2. The van der Waals surface area contributed by atoms with E-state index in [9.17, 15) is 14.4 Å². The summed E-state index contributed by atoms with van der Waals surface area (Å²) in [5, 5.41) is 12.5. The summed E-state index contributed by atoms with van der Waals surface area (Å²) in [5.74, 6) is -0.133. The number of oxime groups is 1. The van der Waals surface area contributed by atoms with Gasteiger partial charge in [0, 0.05) is 28.4 Å². The number of fused-ring (bicyclic) bond motifs is 1. The van der Waals surface area contributed by atoms with E-state index in [4.69, 9.17) is 19.3 Å². The fourth-order valence-corrected chi connectivity index (χ4v) is 11.8. The number of carbonyl (C=O) groups excluding carboxylic acids is 3. The molecule has 324 valence electrons. The number of β-lactam (4-membered cyclic amide) rings is 1. The van der Waals surface area contributed by atoms with Gasteiger partial charge < -0.3 is 24.9 Å². The first-order valence-electron chi connectivity index (χ1n) is 21.0. The average molecular weight is 908 g/mol. The Kier molecular flexibility index (Phi) is 13.3. The molecule has 5 aromatic carbocycles. The molecule has 4 heterocycles. The monoisotopic (exact) mass is 907 g/mol. The molecule has 3 aliphatic rings. The lowest BCUT2D eigenvalue weighted by atomic mass is 9.77. The normalized spacial score (nSPS) is 18.6. The summed E-state index contributed by atoms with van der Waals surface area (Å²) >= 11 is 4.38. The van der Waals surface area contributed by atoms with Gasteiger partial charge in [0.25, 0.3) is 11.8 Å². The van der Waals surface area contributed by atoms with Crippen molar-refractivity contribution in [2.45, 2.75) is 29.5 Å². The van der Waals surface area contributed by atoms with Crippen LogP contribution in [0.4, 0.5) is 5.13 Å². The third-order valence-corrected chi connectivity index (χ3v) is 15.0. The van der Waals surface area contributed by atoms with E-state index in [1.165, 1.54) is 35.1 Å². The molecule has 2 unspecified atom stereocenters. The van der Waals surface area contributed by atoms with Gasteiger partial charge in [-0.2, -0.15) is 0 Å². The van der Waals surface area contributed by atoms with Gasteiger partial charge in [0.05, 0.1) is 6.61 Å². The van der Waals surface area contributed by atoms with Gasteiger partial charge in [-0.3, -0.25) is 14.5 Å². The number of carbonyl (C=O) groups is 3. The molecule has 3 atom stereocenters. The molecule has 0 saturated carbocycles. The van der Waals surface area contributed by atoms with Crippen molar-refractivity contribution in [2.75, 3.05) is 37.1 Å². The predicted molar refractivity (Wildman–Crippen MR) is 253 cm³/mol. The highest BCUT2D eigenvalue weighted by Gasteiger charge is 2.55. The van der Waals surface area contributed by atoms with Crippen molar-refractivity contribution in [3.05, 3.63) is 201 Å². The van der Waals surface area contributed by atoms with Gasteiger partial charge in [0.2, 0.25) is 0 Å². The van der Waals surface area contributed by atoms with E-state index in [0.29, 0.717) is 30.0 Å². The maximum absolute atomic E-state index is 14.5. The third-order valence-electron chi connectivity index (χ3n) is 11.4. The smallest absolute Gasteiger partial charge is 0.356 e. The van der Waals surface area contributed by atoms with Crippen molar-refractivity contribution in [1.29, 1.82) is 0 Å².